The van der Waals surface area contributed by atoms with Crippen molar-refractivity contribution in [3.63, 3.8) is 0 Å². The van der Waals surface area contributed by atoms with E-state index in [2.05, 4.69) is 10.2 Å². The molecule has 3 nitrogen and oxygen atoms in total. The zero-order valence-corrected chi connectivity index (χ0v) is 9.24. The first-order chi connectivity index (χ1) is 7.36. The Morgan fingerprint density at radius 3 is 2.73 bits per heavy atom. The molecule has 2 unspecified atom stereocenters. The second kappa shape index (κ2) is 3.78. The van der Waals surface area contributed by atoms with E-state index in [1.807, 2.05) is 0 Å². The first-order valence-electron chi connectivity index (χ1n) is 6.40. The summed E-state index contributed by atoms with van der Waals surface area (Å²) in [6.45, 7) is 2.11. The Morgan fingerprint density at radius 1 is 1.13 bits per heavy atom. The molecule has 0 radical (unpaired) electrons. The molecule has 15 heavy (non-hydrogen) atoms. The molecule has 3 aliphatic rings. The van der Waals surface area contributed by atoms with Gasteiger partial charge in [-0.15, -0.1) is 0 Å². The molecule has 0 bridgehead atoms. The van der Waals surface area contributed by atoms with Crippen molar-refractivity contribution in [2.45, 2.75) is 50.6 Å². The number of piperidine rings is 1. The zero-order valence-electron chi connectivity index (χ0n) is 9.24. The Balaban J connectivity index is 1.70. The summed E-state index contributed by atoms with van der Waals surface area (Å²) in [7, 11) is 0. The normalized spacial score (nSPS) is 36.1. The lowest BCUT2D eigenvalue weighted by molar-refractivity contribution is -0.142. The first-order valence-corrected chi connectivity index (χ1v) is 6.40. The Morgan fingerprint density at radius 2 is 2.00 bits per heavy atom. The molecule has 0 spiro atoms. The minimum Gasteiger partial charge on any atom is -0.338 e. The molecule has 1 amide bonds. The number of carbonyl (C=O) groups is 1. The molecule has 2 aliphatic heterocycles. The summed E-state index contributed by atoms with van der Waals surface area (Å²) in [4.78, 5) is 14.4. The van der Waals surface area contributed by atoms with E-state index < -0.39 is 0 Å². The van der Waals surface area contributed by atoms with E-state index in [4.69, 9.17) is 0 Å². The van der Waals surface area contributed by atoms with Gasteiger partial charge in [0.2, 0.25) is 5.91 Å². The van der Waals surface area contributed by atoms with Crippen LogP contribution >= 0.6 is 0 Å². The largest absolute Gasteiger partial charge is 0.338 e. The van der Waals surface area contributed by atoms with Crippen molar-refractivity contribution in [2.24, 2.45) is 5.92 Å². The van der Waals surface area contributed by atoms with Gasteiger partial charge in [-0.25, -0.2) is 0 Å². The number of carbonyl (C=O) groups excluding carboxylic acids is 1. The molecule has 2 atom stereocenters. The van der Waals surface area contributed by atoms with Gasteiger partial charge in [-0.2, -0.15) is 0 Å². The van der Waals surface area contributed by atoms with E-state index in [1.54, 1.807) is 0 Å². The summed E-state index contributed by atoms with van der Waals surface area (Å²) in [6, 6.07) is 1.12. The van der Waals surface area contributed by atoms with Crippen molar-refractivity contribution in [1.82, 2.24) is 10.2 Å². The van der Waals surface area contributed by atoms with E-state index in [0.29, 0.717) is 23.9 Å². The molecule has 1 saturated carbocycles. The maximum atomic E-state index is 12.2. The van der Waals surface area contributed by atoms with Crippen LogP contribution in [0.25, 0.3) is 0 Å². The third kappa shape index (κ3) is 1.57. The topological polar surface area (TPSA) is 32.3 Å². The van der Waals surface area contributed by atoms with Crippen molar-refractivity contribution in [3.8, 4) is 0 Å². The SMILES string of the molecule is O=C(C1CCC1)N1CCCC2NCCC21. The number of nitrogens with zero attached hydrogens (tertiary/aromatic N) is 1. The molecule has 0 aromatic rings. The van der Waals surface area contributed by atoms with Gasteiger partial charge in [-0.1, -0.05) is 6.42 Å². The van der Waals surface area contributed by atoms with Crippen LogP contribution in [0.1, 0.15) is 38.5 Å². The van der Waals surface area contributed by atoms with Gasteiger partial charge < -0.3 is 10.2 Å². The summed E-state index contributed by atoms with van der Waals surface area (Å²) in [5.41, 5.74) is 0. The fourth-order valence-corrected chi connectivity index (χ4v) is 3.23. The monoisotopic (exact) mass is 208 g/mol. The van der Waals surface area contributed by atoms with Crippen molar-refractivity contribution in [1.29, 1.82) is 0 Å². The van der Waals surface area contributed by atoms with Crippen molar-refractivity contribution < 1.29 is 4.79 Å². The van der Waals surface area contributed by atoms with Crippen molar-refractivity contribution in [2.75, 3.05) is 13.1 Å². The zero-order chi connectivity index (χ0) is 10.3. The number of rotatable bonds is 1. The van der Waals surface area contributed by atoms with Gasteiger partial charge in [-0.05, 0) is 38.6 Å². The van der Waals surface area contributed by atoms with Gasteiger partial charge in [0, 0.05) is 24.5 Å². The highest BCUT2D eigenvalue weighted by Gasteiger charge is 2.40. The van der Waals surface area contributed by atoms with Gasteiger partial charge in [0.1, 0.15) is 0 Å². The number of fused-ring (bicyclic) bond motifs is 1. The standard InChI is InChI=1S/C12H20N2O/c15-12(9-3-1-4-9)14-8-2-5-10-11(14)6-7-13-10/h9-11,13H,1-8H2. The van der Waals surface area contributed by atoms with E-state index in [9.17, 15) is 4.79 Å². The van der Waals surface area contributed by atoms with E-state index in [1.165, 1.54) is 25.7 Å². The third-order valence-electron chi connectivity index (χ3n) is 4.36. The van der Waals surface area contributed by atoms with Crippen LogP contribution < -0.4 is 5.32 Å². The van der Waals surface area contributed by atoms with Crippen molar-refractivity contribution >= 4 is 5.91 Å². The molecule has 2 saturated heterocycles. The third-order valence-corrected chi connectivity index (χ3v) is 4.36. The average Bonchev–Trinajstić information content (AvgIpc) is 2.61. The predicted molar refractivity (Wildman–Crippen MR) is 58.5 cm³/mol. The van der Waals surface area contributed by atoms with Crippen LogP contribution in [-0.4, -0.2) is 36.0 Å². The molecule has 0 aromatic carbocycles. The predicted octanol–water partition coefficient (Wildman–Crippen LogP) is 1.14. The van der Waals surface area contributed by atoms with Gasteiger partial charge in [0.15, 0.2) is 0 Å². The Bertz CT molecular complexity index is 262. The Hall–Kier alpha value is -0.570. The minimum atomic E-state index is 0.379. The van der Waals surface area contributed by atoms with Crippen LogP contribution in [0.3, 0.4) is 0 Å². The second-order valence-electron chi connectivity index (χ2n) is 5.22. The summed E-state index contributed by atoms with van der Waals surface area (Å²) in [6.07, 6.45) is 7.16. The van der Waals surface area contributed by atoms with Crippen LogP contribution in [0.2, 0.25) is 0 Å². The average molecular weight is 208 g/mol. The molecule has 0 aromatic heterocycles. The number of likely N-dealkylation sites (tertiary alicyclic amines) is 1. The lowest BCUT2D eigenvalue weighted by atomic mass is 9.83. The lowest BCUT2D eigenvalue weighted by Gasteiger charge is -2.41. The molecule has 3 heteroatoms. The highest BCUT2D eigenvalue weighted by atomic mass is 16.2. The highest BCUT2D eigenvalue weighted by molar-refractivity contribution is 5.80. The van der Waals surface area contributed by atoms with Gasteiger partial charge in [-0.3, -0.25) is 4.79 Å². The molecule has 1 N–H and O–H groups in total. The maximum absolute atomic E-state index is 12.2. The Labute approximate surface area is 91.2 Å². The fourth-order valence-electron chi connectivity index (χ4n) is 3.23. The van der Waals surface area contributed by atoms with Crippen LogP contribution in [0, 0.1) is 5.92 Å². The lowest BCUT2D eigenvalue weighted by Crippen LogP contribution is -2.53. The Kier molecular flexibility index (Phi) is 2.43. The molecular weight excluding hydrogens is 188 g/mol. The molecule has 3 fully saturated rings. The first kappa shape index (κ1) is 9.64. The summed E-state index contributed by atoms with van der Waals surface area (Å²) in [5.74, 6) is 0.837. The number of hydrogen-bond donors (Lipinski definition) is 1. The summed E-state index contributed by atoms with van der Waals surface area (Å²) >= 11 is 0. The van der Waals surface area contributed by atoms with E-state index in [-0.39, 0.29) is 0 Å². The molecule has 2 heterocycles. The van der Waals surface area contributed by atoms with Gasteiger partial charge in [0.05, 0.1) is 0 Å². The van der Waals surface area contributed by atoms with Crippen LogP contribution in [0.4, 0.5) is 0 Å². The summed E-state index contributed by atoms with van der Waals surface area (Å²) in [5, 5.41) is 3.52. The number of hydrogen-bond acceptors (Lipinski definition) is 2. The second-order valence-corrected chi connectivity index (χ2v) is 5.22. The summed E-state index contributed by atoms with van der Waals surface area (Å²) < 4.78 is 0. The van der Waals surface area contributed by atoms with E-state index >= 15 is 0 Å². The molecule has 1 aliphatic carbocycles. The molecule has 84 valence electrons. The van der Waals surface area contributed by atoms with E-state index in [0.717, 1.165) is 25.9 Å². The van der Waals surface area contributed by atoms with Crippen LogP contribution in [-0.2, 0) is 4.79 Å². The minimum absolute atomic E-state index is 0.379. The van der Waals surface area contributed by atoms with Crippen LogP contribution in [0.15, 0.2) is 0 Å². The number of amides is 1. The van der Waals surface area contributed by atoms with Crippen molar-refractivity contribution in [3.05, 3.63) is 0 Å². The van der Waals surface area contributed by atoms with Crippen LogP contribution in [0.5, 0.6) is 0 Å². The van der Waals surface area contributed by atoms with Gasteiger partial charge in [0.25, 0.3) is 0 Å². The molecule has 3 rings (SSSR count). The quantitative estimate of drug-likeness (QED) is 0.701. The highest BCUT2D eigenvalue weighted by Crippen LogP contribution is 2.32. The number of nitrogens with one attached hydrogen (secondary N) is 1. The maximum Gasteiger partial charge on any atom is 0.225 e. The van der Waals surface area contributed by atoms with Gasteiger partial charge >= 0.3 is 0 Å². The smallest absolute Gasteiger partial charge is 0.225 e. The molecular formula is C12H20N2O. The fraction of sp³-hybridized carbons (Fsp3) is 0.917.